The third-order valence-corrected chi connectivity index (χ3v) is 7.72. The van der Waals surface area contributed by atoms with E-state index in [1.54, 1.807) is 0 Å². The normalized spacial score (nSPS) is 39.2. The van der Waals surface area contributed by atoms with Crippen LogP contribution in [0.25, 0.3) is 0 Å². The molecule has 0 spiro atoms. The molecule has 2 heterocycles. The lowest BCUT2D eigenvalue weighted by atomic mass is 9.49. The van der Waals surface area contributed by atoms with Crippen molar-refractivity contribution in [3.8, 4) is 0 Å². The van der Waals surface area contributed by atoms with Crippen LogP contribution >= 0.6 is 15.9 Å². The maximum Gasteiger partial charge on any atom is 0.226 e. The molecule has 1 aliphatic heterocycles. The van der Waals surface area contributed by atoms with Crippen LogP contribution in [0.1, 0.15) is 56.6 Å². The Labute approximate surface area is 151 Å². The van der Waals surface area contributed by atoms with Gasteiger partial charge in [-0.25, -0.2) is 0 Å². The van der Waals surface area contributed by atoms with Crippen LogP contribution in [-0.4, -0.2) is 31.5 Å². The minimum Gasteiger partial charge on any atom is -0.355 e. The molecule has 6 rings (SSSR count). The summed E-state index contributed by atoms with van der Waals surface area (Å²) in [7, 11) is 0. The van der Waals surface area contributed by atoms with Gasteiger partial charge in [0.25, 0.3) is 0 Å². The number of hydrogen-bond donors (Lipinski definition) is 1. The zero-order valence-corrected chi connectivity index (χ0v) is 15.6. The Hall–Kier alpha value is -0.910. The summed E-state index contributed by atoms with van der Waals surface area (Å²) in [6.07, 6.45) is 10.1. The Kier molecular flexibility index (Phi) is 3.39. The van der Waals surface area contributed by atoms with E-state index >= 15 is 0 Å². The molecule has 4 saturated carbocycles. The average molecular weight is 393 g/mol. The fraction of sp³-hybridized carbons (Fsp3) is 0.833. The predicted molar refractivity (Wildman–Crippen MR) is 93.8 cm³/mol. The topological polar surface area (TPSA) is 59.8 Å². The summed E-state index contributed by atoms with van der Waals surface area (Å²) in [5.74, 6) is 3.93. The number of halogens is 1. The van der Waals surface area contributed by atoms with Crippen LogP contribution in [0.3, 0.4) is 0 Å². The summed E-state index contributed by atoms with van der Waals surface area (Å²) in [5.41, 5.74) is -0.111. The molecular weight excluding hydrogens is 368 g/mol. The molecule has 5 aliphatic rings. The minimum atomic E-state index is -0.111. The molecule has 1 aromatic heterocycles. The summed E-state index contributed by atoms with van der Waals surface area (Å²) in [6.45, 7) is 1.72. The monoisotopic (exact) mass is 392 g/mol. The van der Waals surface area contributed by atoms with Gasteiger partial charge in [-0.15, -0.1) is 10.2 Å². The first kappa shape index (κ1) is 15.4. The van der Waals surface area contributed by atoms with Gasteiger partial charge < -0.3 is 9.88 Å². The van der Waals surface area contributed by atoms with Crippen molar-refractivity contribution < 1.29 is 4.79 Å². The molecule has 4 aliphatic carbocycles. The zero-order valence-electron chi connectivity index (χ0n) is 14.1. The molecule has 1 amide bonds. The Morgan fingerprint density at radius 3 is 2.79 bits per heavy atom. The maximum atomic E-state index is 13.0. The van der Waals surface area contributed by atoms with Gasteiger partial charge in [-0.3, -0.25) is 4.79 Å². The lowest BCUT2D eigenvalue weighted by molar-refractivity contribution is -0.144. The third kappa shape index (κ3) is 2.36. The highest BCUT2D eigenvalue weighted by molar-refractivity contribution is 9.10. The van der Waals surface area contributed by atoms with E-state index in [0.29, 0.717) is 12.5 Å². The molecule has 5 nitrogen and oxygen atoms in total. The molecule has 2 atom stereocenters. The Balaban J connectivity index is 1.24. The van der Waals surface area contributed by atoms with Crippen LogP contribution in [0.15, 0.2) is 0 Å². The van der Waals surface area contributed by atoms with E-state index < -0.39 is 0 Å². The van der Waals surface area contributed by atoms with Gasteiger partial charge in [-0.2, -0.15) is 0 Å². The van der Waals surface area contributed by atoms with Crippen molar-refractivity contribution in [2.24, 2.45) is 17.3 Å². The van der Waals surface area contributed by atoms with Crippen molar-refractivity contribution in [1.29, 1.82) is 0 Å². The smallest absolute Gasteiger partial charge is 0.226 e. The Morgan fingerprint density at radius 2 is 2.04 bits per heavy atom. The first-order valence-corrected chi connectivity index (χ1v) is 10.2. The molecule has 1 aromatic rings. The van der Waals surface area contributed by atoms with Crippen molar-refractivity contribution in [2.45, 2.75) is 68.7 Å². The molecule has 2 unspecified atom stereocenters. The van der Waals surface area contributed by atoms with Crippen LogP contribution in [-0.2, 0) is 24.2 Å². The zero-order chi connectivity index (χ0) is 16.4. The molecule has 24 heavy (non-hydrogen) atoms. The number of amides is 1. The van der Waals surface area contributed by atoms with Crippen LogP contribution in [0.2, 0.25) is 0 Å². The fourth-order valence-corrected chi connectivity index (χ4v) is 7.74. The SMILES string of the molecule is O=C(NCCc1nnc2n1CCC2)C12CC3CC(CC(Br)(C3)C1)C2. The quantitative estimate of drug-likeness (QED) is 0.801. The number of alkyl halides is 1. The second-order valence-corrected chi connectivity index (χ2v) is 10.4. The van der Waals surface area contributed by atoms with Gasteiger partial charge in [-0.1, -0.05) is 15.9 Å². The highest BCUT2D eigenvalue weighted by atomic mass is 79.9. The molecule has 6 heteroatoms. The number of nitrogens with zero attached hydrogens (tertiary/aromatic N) is 3. The summed E-state index contributed by atoms with van der Waals surface area (Å²) >= 11 is 3.99. The number of carbonyl (C=O) groups is 1. The summed E-state index contributed by atoms with van der Waals surface area (Å²) in [6, 6.07) is 0. The van der Waals surface area contributed by atoms with E-state index in [4.69, 9.17) is 0 Å². The first-order valence-electron chi connectivity index (χ1n) is 9.44. The van der Waals surface area contributed by atoms with E-state index in [1.807, 2.05) is 0 Å². The molecule has 0 saturated heterocycles. The number of rotatable bonds is 4. The molecule has 1 N–H and O–H groups in total. The molecule has 130 valence electrons. The van der Waals surface area contributed by atoms with Gasteiger partial charge in [0.2, 0.25) is 5.91 Å². The lowest BCUT2D eigenvalue weighted by Gasteiger charge is -2.59. The van der Waals surface area contributed by atoms with E-state index in [2.05, 4.69) is 36.0 Å². The van der Waals surface area contributed by atoms with Crippen LogP contribution in [0, 0.1) is 17.3 Å². The number of aromatic nitrogens is 3. The molecule has 0 aromatic carbocycles. The molecule has 4 bridgehead atoms. The number of carbonyl (C=O) groups excluding carboxylic acids is 1. The van der Waals surface area contributed by atoms with E-state index in [0.717, 1.165) is 62.1 Å². The Morgan fingerprint density at radius 1 is 1.25 bits per heavy atom. The van der Waals surface area contributed by atoms with Gasteiger partial charge in [-0.05, 0) is 56.8 Å². The van der Waals surface area contributed by atoms with Crippen LogP contribution in [0.5, 0.6) is 0 Å². The van der Waals surface area contributed by atoms with E-state index in [-0.39, 0.29) is 9.74 Å². The van der Waals surface area contributed by atoms with Gasteiger partial charge in [0.05, 0.1) is 5.41 Å². The van der Waals surface area contributed by atoms with Crippen molar-refractivity contribution in [2.75, 3.05) is 6.54 Å². The fourth-order valence-electron chi connectivity index (χ4n) is 6.29. The van der Waals surface area contributed by atoms with E-state index in [9.17, 15) is 4.79 Å². The number of hydrogen-bond acceptors (Lipinski definition) is 3. The number of nitrogens with one attached hydrogen (secondary N) is 1. The minimum absolute atomic E-state index is 0.111. The molecule has 0 radical (unpaired) electrons. The molecular formula is C18H25BrN4O. The number of aryl methyl sites for hydroxylation is 1. The summed E-state index contributed by atoms with van der Waals surface area (Å²) < 4.78 is 2.46. The summed E-state index contributed by atoms with van der Waals surface area (Å²) in [4.78, 5) is 13.0. The van der Waals surface area contributed by atoms with Gasteiger partial charge >= 0.3 is 0 Å². The van der Waals surface area contributed by atoms with Crippen LogP contribution < -0.4 is 5.32 Å². The highest BCUT2D eigenvalue weighted by Crippen LogP contribution is 2.64. The van der Waals surface area contributed by atoms with Gasteiger partial charge in [0, 0.05) is 30.3 Å². The second-order valence-electron chi connectivity index (χ2n) is 8.69. The van der Waals surface area contributed by atoms with Gasteiger partial charge in [0.1, 0.15) is 11.6 Å². The van der Waals surface area contributed by atoms with Gasteiger partial charge in [0.15, 0.2) is 0 Å². The predicted octanol–water partition coefficient (Wildman–Crippen LogP) is 2.62. The molecule has 4 fully saturated rings. The van der Waals surface area contributed by atoms with Crippen molar-refractivity contribution in [3.63, 3.8) is 0 Å². The lowest BCUT2D eigenvalue weighted by Crippen LogP contribution is -2.58. The third-order valence-electron chi connectivity index (χ3n) is 6.79. The first-order chi connectivity index (χ1) is 11.6. The maximum absolute atomic E-state index is 13.0. The average Bonchev–Trinajstić information content (AvgIpc) is 3.09. The highest BCUT2D eigenvalue weighted by Gasteiger charge is 2.59. The van der Waals surface area contributed by atoms with Crippen molar-refractivity contribution in [3.05, 3.63) is 11.6 Å². The van der Waals surface area contributed by atoms with Crippen LogP contribution in [0.4, 0.5) is 0 Å². The second kappa shape index (κ2) is 5.29. The van der Waals surface area contributed by atoms with Crippen molar-refractivity contribution in [1.82, 2.24) is 20.1 Å². The largest absolute Gasteiger partial charge is 0.355 e. The summed E-state index contributed by atoms with van der Waals surface area (Å²) in [5, 5.41) is 11.8. The number of fused-ring (bicyclic) bond motifs is 1. The van der Waals surface area contributed by atoms with Crippen molar-refractivity contribution >= 4 is 21.8 Å². The standard InChI is InChI=1S/C18H25BrN4O/c19-18-9-12-6-13(10-18)8-17(7-12,11-18)16(24)20-4-3-15-22-21-14-2-1-5-23(14)15/h12-13H,1-11H2,(H,20,24). The van der Waals surface area contributed by atoms with E-state index in [1.165, 1.54) is 25.7 Å². The Bertz CT molecular complexity index is 671.